The van der Waals surface area contributed by atoms with Crippen molar-refractivity contribution in [1.29, 1.82) is 0 Å². The van der Waals surface area contributed by atoms with Crippen LogP contribution in [0.5, 0.6) is 0 Å². The highest BCUT2D eigenvalue weighted by atomic mass is 14.5. The van der Waals surface area contributed by atoms with Crippen LogP contribution >= 0.6 is 0 Å². The number of nitrogens with two attached hydrogens (primary N) is 1. The fourth-order valence-corrected chi connectivity index (χ4v) is 1.91. The maximum atomic E-state index is 5.57. The smallest absolute Gasteiger partial charge is 0.0178 e. The van der Waals surface area contributed by atoms with E-state index in [1.165, 1.54) is 36.8 Å². The number of benzene rings is 1. The van der Waals surface area contributed by atoms with Gasteiger partial charge in [0.25, 0.3) is 0 Å². The Balaban J connectivity index is 2.43. The van der Waals surface area contributed by atoms with Gasteiger partial charge in [0.2, 0.25) is 0 Å². The second-order valence-electron chi connectivity index (χ2n) is 4.24. The molecule has 1 nitrogen and oxygen atoms in total. The fourth-order valence-electron chi connectivity index (χ4n) is 1.91. The lowest BCUT2D eigenvalue weighted by Crippen LogP contribution is -2.00. The highest BCUT2D eigenvalue weighted by Gasteiger charge is 2.03. The van der Waals surface area contributed by atoms with Crippen LogP contribution in [0.1, 0.15) is 44.2 Å². The standard InChI is InChI=1S/C14H23N/c1-3-12(4-2)5-6-13-7-9-14(11-15)10-8-13/h7-10,12H,3-6,11,15H2,1-2H3. The lowest BCUT2D eigenvalue weighted by atomic mass is 9.95. The van der Waals surface area contributed by atoms with E-state index < -0.39 is 0 Å². The van der Waals surface area contributed by atoms with Crippen molar-refractivity contribution in [3.8, 4) is 0 Å². The molecular formula is C14H23N. The van der Waals surface area contributed by atoms with Crippen LogP contribution in [-0.4, -0.2) is 0 Å². The maximum Gasteiger partial charge on any atom is 0.0178 e. The molecule has 0 amide bonds. The molecule has 15 heavy (non-hydrogen) atoms. The number of hydrogen-bond acceptors (Lipinski definition) is 1. The van der Waals surface area contributed by atoms with E-state index in [0.717, 1.165) is 5.92 Å². The van der Waals surface area contributed by atoms with E-state index >= 15 is 0 Å². The van der Waals surface area contributed by atoms with Gasteiger partial charge in [-0.1, -0.05) is 51.0 Å². The van der Waals surface area contributed by atoms with Gasteiger partial charge in [0, 0.05) is 6.54 Å². The molecule has 0 spiro atoms. The zero-order valence-electron chi connectivity index (χ0n) is 10.00. The molecule has 0 fully saturated rings. The number of rotatable bonds is 6. The maximum absolute atomic E-state index is 5.57. The van der Waals surface area contributed by atoms with Gasteiger partial charge in [-0.3, -0.25) is 0 Å². The van der Waals surface area contributed by atoms with Crippen LogP contribution in [0.3, 0.4) is 0 Å². The summed E-state index contributed by atoms with van der Waals surface area (Å²) in [7, 11) is 0. The van der Waals surface area contributed by atoms with Crippen molar-refractivity contribution in [3.05, 3.63) is 35.4 Å². The van der Waals surface area contributed by atoms with Crippen molar-refractivity contribution < 1.29 is 0 Å². The third kappa shape index (κ3) is 4.05. The molecule has 1 aromatic rings. The fraction of sp³-hybridized carbons (Fsp3) is 0.571. The molecule has 0 unspecified atom stereocenters. The minimum absolute atomic E-state index is 0.646. The topological polar surface area (TPSA) is 26.0 Å². The Hall–Kier alpha value is -0.820. The van der Waals surface area contributed by atoms with Crippen LogP contribution in [0.4, 0.5) is 0 Å². The predicted octanol–water partition coefficient (Wildman–Crippen LogP) is 3.51. The summed E-state index contributed by atoms with van der Waals surface area (Å²) in [4.78, 5) is 0. The van der Waals surface area contributed by atoms with E-state index in [1.54, 1.807) is 0 Å². The molecule has 0 bridgehead atoms. The summed E-state index contributed by atoms with van der Waals surface area (Å²) >= 11 is 0. The van der Waals surface area contributed by atoms with E-state index in [1.807, 2.05) is 0 Å². The normalized spacial score (nSPS) is 10.9. The van der Waals surface area contributed by atoms with Gasteiger partial charge in [-0.15, -0.1) is 0 Å². The third-order valence-electron chi connectivity index (χ3n) is 3.25. The van der Waals surface area contributed by atoms with E-state index in [4.69, 9.17) is 5.73 Å². The first-order valence-electron chi connectivity index (χ1n) is 6.08. The summed E-state index contributed by atoms with van der Waals surface area (Å²) in [6.45, 7) is 5.21. The summed E-state index contributed by atoms with van der Waals surface area (Å²) in [5.41, 5.74) is 8.23. The van der Waals surface area contributed by atoms with Crippen LogP contribution in [0.25, 0.3) is 0 Å². The molecule has 0 aromatic heterocycles. The van der Waals surface area contributed by atoms with Gasteiger partial charge in [0.05, 0.1) is 0 Å². The lowest BCUT2D eigenvalue weighted by Gasteiger charge is -2.11. The molecule has 1 rings (SSSR count). The number of aryl methyl sites for hydroxylation is 1. The average molecular weight is 205 g/mol. The zero-order chi connectivity index (χ0) is 11.1. The van der Waals surface area contributed by atoms with Gasteiger partial charge in [-0.2, -0.15) is 0 Å². The molecule has 84 valence electrons. The van der Waals surface area contributed by atoms with Gasteiger partial charge < -0.3 is 5.73 Å². The average Bonchev–Trinajstić information content (AvgIpc) is 2.31. The quantitative estimate of drug-likeness (QED) is 0.755. The third-order valence-corrected chi connectivity index (χ3v) is 3.25. The van der Waals surface area contributed by atoms with Gasteiger partial charge in [-0.05, 0) is 29.9 Å². The Morgan fingerprint density at radius 3 is 2.00 bits per heavy atom. The molecule has 0 aliphatic rings. The van der Waals surface area contributed by atoms with E-state index in [0.29, 0.717) is 6.54 Å². The van der Waals surface area contributed by atoms with Gasteiger partial charge in [0.15, 0.2) is 0 Å². The van der Waals surface area contributed by atoms with Crippen molar-refractivity contribution in [2.24, 2.45) is 11.7 Å². The molecule has 0 atom stereocenters. The minimum atomic E-state index is 0.646. The molecule has 0 aliphatic heterocycles. The van der Waals surface area contributed by atoms with Crippen LogP contribution < -0.4 is 5.73 Å². The van der Waals surface area contributed by atoms with E-state index in [9.17, 15) is 0 Å². The monoisotopic (exact) mass is 205 g/mol. The van der Waals surface area contributed by atoms with E-state index in [-0.39, 0.29) is 0 Å². The summed E-state index contributed by atoms with van der Waals surface area (Å²) in [6.07, 6.45) is 5.13. The van der Waals surface area contributed by atoms with Crippen molar-refractivity contribution >= 4 is 0 Å². The molecule has 0 aliphatic carbocycles. The second kappa shape index (κ2) is 6.62. The highest BCUT2D eigenvalue weighted by molar-refractivity contribution is 5.22. The Bertz CT molecular complexity index is 259. The summed E-state index contributed by atoms with van der Waals surface area (Å²) < 4.78 is 0. The van der Waals surface area contributed by atoms with Gasteiger partial charge in [-0.25, -0.2) is 0 Å². The van der Waals surface area contributed by atoms with Crippen LogP contribution in [-0.2, 0) is 13.0 Å². The minimum Gasteiger partial charge on any atom is -0.326 e. The Labute approximate surface area is 93.7 Å². The molecule has 0 saturated heterocycles. The van der Waals surface area contributed by atoms with E-state index in [2.05, 4.69) is 38.1 Å². The second-order valence-corrected chi connectivity index (χ2v) is 4.24. The summed E-state index contributed by atoms with van der Waals surface area (Å²) in [5, 5.41) is 0. The lowest BCUT2D eigenvalue weighted by molar-refractivity contribution is 0.456. The summed E-state index contributed by atoms with van der Waals surface area (Å²) in [6, 6.07) is 8.71. The Kier molecular flexibility index (Phi) is 5.41. The molecule has 2 N–H and O–H groups in total. The van der Waals surface area contributed by atoms with Crippen molar-refractivity contribution in [2.45, 2.75) is 46.1 Å². The molecule has 0 saturated carbocycles. The van der Waals surface area contributed by atoms with Gasteiger partial charge >= 0.3 is 0 Å². The Morgan fingerprint density at radius 2 is 1.53 bits per heavy atom. The molecular weight excluding hydrogens is 182 g/mol. The predicted molar refractivity (Wildman–Crippen MR) is 66.7 cm³/mol. The number of hydrogen-bond donors (Lipinski definition) is 1. The molecule has 0 heterocycles. The van der Waals surface area contributed by atoms with Crippen LogP contribution in [0, 0.1) is 5.92 Å². The van der Waals surface area contributed by atoms with Crippen molar-refractivity contribution in [1.82, 2.24) is 0 Å². The first-order valence-corrected chi connectivity index (χ1v) is 6.08. The van der Waals surface area contributed by atoms with Crippen molar-refractivity contribution in [3.63, 3.8) is 0 Å². The zero-order valence-corrected chi connectivity index (χ0v) is 10.00. The van der Waals surface area contributed by atoms with Crippen LogP contribution in [0.2, 0.25) is 0 Å². The molecule has 1 aromatic carbocycles. The van der Waals surface area contributed by atoms with Gasteiger partial charge in [0.1, 0.15) is 0 Å². The van der Waals surface area contributed by atoms with Crippen LogP contribution in [0.15, 0.2) is 24.3 Å². The SMILES string of the molecule is CCC(CC)CCc1ccc(CN)cc1. The molecule has 1 heteroatoms. The first kappa shape index (κ1) is 12.3. The molecule has 0 radical (unpaired) electrons. The first-order chi connectivity index (χ1) is 7.30. The highest BCUT2D eigenvalue weighted by Crippen LogP contribution is 2.16. The Morgan fingerprint density at radius 1 is 1.00 bits per heavy atom. The largest absolute Gasteiger partial charge is 0.326 e. The van der Waals surface area contributed by atoms with Crippen molar-refractivity contribution in [2.75, 3.05) is 0 Å². The summed E-state index contributed by atoms with van der Waals surface area (Å²) in [5.74, 6) is 0.888.